The van der Waals surface area contributed by atoms with Crippen LogP contribution in [0.1, 0.15) is 27.2 Å². The maximum Gasteiger partial charge on any atom is 0.317 e. The van der Waals surface area contributed by atoms with E-state index in [4.69, 9.17) is 0 Å². The van der Waals surface area contributed by atoms with Crippen LogP contribution in [0.2, 0.25) is 0 Å². The minimum absolute atomic E-state index is 0.0923. The van der Waals surface area contributed by atoms with Crippen molar-refractivity contribution in [2.24, 2.45) is 0 Å². The number of urea groups is 1. The lowest BCUT2D eigenvalue weighted by Crippen LogP contribution is -2.52. The van der Waals surface area contributed by atoms with Crippen molar-refractivity contribution in [1.29, 1.82) is 0 Å². The second-order valence-corrected chi connectivity index (χ2v) is 7.77. The number of nitrogens with zero attached hydrogens (tertiary/aromatic N) is 2. The van der Waals surface area contributed by atoms with Crippen molar-refractivity contribution in [2.45, 2.75) is 38.0 Å². The van der Waals surface area contributed by atoms with Gasteiger partial charge in [0, 0.05) is 29.6 Å². The van der Waals surface area contributed by atoms with Crippen LogP contribution in [-0.2, 0) is 0 Å². The van der Waals surface area contributed by atoms with Crippen LogP contribution in [0.5, 0.6) is 0 Å². The van der Waals surface area contributed by atoms with Crippen molar-refractivity contribution in [3.8, 4) is 0 Å². The molecule has 1 atom stereocenters. The maximum atomic E-state index is 12.1. The summed E-state index contributed by atoms with van der Waals surface area (Å²) in [7, 11) is 4.11. The van der Waals surface area contributed by atoms with Gasteiger partial charge in [-0.05, 0) is 47.8 Å². The molecule has 0 saturated carbocycles. The quantitative estimate of drug-likeness (QED) is 0.849. The van der Waals surface area contributed by atoms with Crippen molar-refractivity contribution >= 4 is 17.8 Å². The molecule has 0 unspecified atom stereocenters. The predicted octanol–water partition coefficient (Wildman–Crippen LogP) is 1.86. The van der Waals surface area contributed by atoms with Gasteiger partial charge in [-0.25, -0.2) is 4.79 Å². The lowest BCUT2D eigenvalue weighted by molar-refractivity contribution is 0.190. The van der Waals surface area contributed by atoms with E-state index in [1.165, 1.54) is 0 Å². The zero-order chi connectivity index (χ0) is 13.8. The lowest BCUT2D eigenvalue weighted by Gasteiger charge is -2.38. The molecule has 106 valence electrons. The number of hydrogen-bond acceptors (Lipinski definition) is 3. The molecular weight excluding hydrogens is 246 g/mol. The second kappa shape index (κ2) is 6.66. The first-order chi connectivity index (χ1) is 8.30. The molecule has 5 heteroatoms. The Morgan fingerprint density at radius 1 is 1.50 bits per heavy atom. The molecular formula is C13H27N3OS. The molecule has 1 N–H and O–H groups in total. The van der Waals surface area contributed by atoms with Gasteiger partial charge in [0.25, 0.3) is 0 Å². The van der Waals surface area contributed by atoms with Gasteiger partial charge < -0.3 is 15.1 Å². The van der Waals surface area contributed by atoms with E-state index in [2.05, 4.69) is 45.1 Å². The number of thioether (sulfide) groups is 1. The highest BCUT2D eigenvalue weighted by molar-refractivity contribution is 8.00. The molecule has 2 amide bonds. The third-order valence-corrected chi connectivity index (χ3v) is 4.39. The fraction of sp³-hybridized carbons (Fsp3) is 0.923. The van der Waals surface area contributed by atoms with E-state index >= 15 is 0 Å². The SMILES string of the molecule is C[C@@H](CCN(C)C)NC(=O)N1CCSC(C)(C)C1. The average Bonchev–Trinajstić information content (AvgIpc) is 2.25. The Kier molecular flexibility index (Phi) is 5.79. The molecule has 4 nitrogen and oxygen atoms in total. The van der Waals surface area contributed by atoms with Crippen LogP contribution in [0, 0.1) is 0 Å². The molecule has 0 aliphatic carbocycles. The summed E-state index contributed by atoms with van der Waals surface area (Å²) in [4.78, 5) is 16.2. The zero-order valence-electron chi connectivity index (χ0n) is 12.3. The minimum Gasteiger partial charge on any atom is -0.335 e. The van der Waals surface area contributed by atoms with Crippen LogP contribution in [0.25, 0.3) is 0 Å². The Balaban J connectivity index is 2.35. The van der Waals surface area contributed by atoms with Crippen LogP contribution in [0.15, 0.2) is 0 Å². The van der Waals surface area contributed by atoms with E-state index in [0.29, 0.717) is 0 Å². The van der Waals surface area contributed by atoms with Gasteiger partial charge in [0.1, 0.15) is 0 Å². The van der Waals surface area contributed by atoms with Gasteiger partial charge in [-0.2, -0.15) is 11.8 Å². The standard InChI is InChI=1S/C13H27N3OS/c1-11(6-7-15(4)5)14-12(17)16-8-9-18-13(2,3)10-16/h11H,6-10H2,1-5H3,(H,14,17)/t11-/m0/s1. The first-order valence-corrected chi connectivity index (χ1v) is 7.63. The van der Waals surface area contributed by atoms with E-state index < -0.39 is 0 Å². The van der Waals surface area contributed by atoms with E-state index in [1.807, 2.05) is 16.7 Å². The molecule has 0 radical (unpaired) electrons. The Morgan fingerprint density at radius 2 is 2.17 bits per heavy atom. The van der Waals surface area contributed by atoms with E-state index in [1.54, 1.807) is 0 Å². The molecule has 18 heavy (non-hydrogen) atoms. The fourth-order valence-corrected chi connectivity index (χ4v) is 3.13. The van der Waals surface area contributed by atoms with Crippen molar-refractivity contribution < 1.29 is 4.79 Å². The topological polar surface area (TPSA) is 35.6 Å². The van der Waals surface area contributed by atoms with Gasteiger partial charge in [-0.15, -0.1) is 0 Å². The summed E-state index contributed by atoms with van der Waals surface area (Å²) in [5.74, 6) is 1.03. The van der Waals surface area contributed by atoms with Crippen molar-refractivity contribution in [3.63, 3.8) is 0 Å². The molecule has 0 aromatic rings. The Hall–Kier alpha value is -0.420. The highest BCUT2D eigenvalue weighted by Crippen LogP contribution is 2.29. The molecule has 1 fully saturated rings. The summed E-state index contributed by atoms with van der Waals surface area (Å²) in [6, 6.07) is 0.326. The number of carbonyl (C=O) groups excluding carboxylic acids is 1. The van der Waals surface area contributed by atoms with Crippen LogP contribution in [0.3, 0.4) is 0 Å². The van der Waals surface area contributed by atoms with Crippen LogP contribution in [0.4, 0.5) is 4.79 Å². The van der Waals surface area contributed by atoms with Gasteiger partial charge in [-0.1, -0.05) is 0 Å². The number of hydrogen-bond donors (Lipinski definition) is 1. The zero-order valence-corrected chi connectivity index (χ0v) is 13.1. The monoisotopic (exact) mass is 273 g/mol. The smallest absolute Gasteiger partial charge is 0.317 e. The molecule has 1 saturated heterocycles. The molecule has 0 spiro atoms. The van der Waals surface area contributed by atoms with E-state index in [-0.39, 0.29) is 16.8 Å². The molecule has 0 bridgehead atoms. The predicted molar refractivity (Wildman–Crippen MR) is 79.3 cm³/mol. The highest BCUT2D eigenvalue weighted by atomic mass is 32.2. The molecule has 1 aliphatic rings. The first kappa shape index (κ1) is 15.6. The van der Waals surface area contributed by atoms with Gasteiger partial charge in [0.2, 0.25) is 0 Å². The van der Waals surface area contributed by atoms with E-state index in [9.17, 15) is 4.79 Å². The van der Waals surface area contributed by atoms with Gasteiger partial charge in [0.05, 0.1) is 0 Å². The van der Waals surface area contributed by atoms with Crippen molar-refractivity contribution in [2.75, 3.05) is 39.5 Å². The molecule has 1 rings (SSSR count). The number of carbonyl (C=O) groups is 1. The molecule has 1 aliphatic heterocycles. The number of nitrogens with one attached hydrogen (secondary N) is 1. The molecule has 0 aromatic heterocycles. The maximum absolute atomic E-state index is 12.1. The molecule has 1 heterocycles. The first-order valence-electron chi connectivity index (χ1n) is 6.64. The summed E-state index contributed by atoms with van der Waals surface area (Å²) in [5, 5.41) is 3.09. The summed E-state index contributed by atoms with van der Waals surface area (Å²) in [6.45, 7) is 9.18. The van der Waals surface area contributed by atoms with Gasteiger partial charge in [0.15, 0.2) is 0 Å². The fourth-order valence-electron chi connectivity index (χ4n) is 2.02. The van der Waals surface area contributed by atoms with E-state index in [0.717, 1.165) is 31.8 Å². The van der Waals surface area contributed by atoms with Crippen LogP contribution >= 0.6 is 11.8 Å². The number of amides is 2. The van der Waals surface area contributed by atoms with Crippen LogP contribution < -0.4 is 5.32 Å². The Morgan fingerprint density at radius 3 is 2.72 bits per heavy atom. The lowest BCUT2D eigenvalue weighted by atomic mass is 10.2. The summed E-state index contributed by atoms with van der Waals surface area (Å²) in [6.07, 6.45) is 0.991. The summed E-state index contributed by atoms with van der Waals surface area (Å²) in [5.41, 5.74) is 0. The number of rotatable bonds is 4. The minimum atomic E-state index is 0.0923. The van der Waals surface area contributed by atoms with Gasteiger partial charge >= 0.3 is 6.03 Å². The Labute approximate surface area is 115 Å². The third kappa shape index (κ3) is 5.48. The normalized spacial score (nSPS) is 20.9. The average molecular weight is 273 g/mol. The summed E-state index contributed by atoms with van der Waals surface area (Å²) < 4.78 is 0.183. The second-order valence-electron chi connectivity index (χ2n) is 5.97. The highest BCUT2D eigenvalue weighted by Gasteiger charge is 2.29. The largest absolute Gasteiger partial charge is 0.335 e. The van der Waals surface area contributed by atoms with Crippen molar-refractivity contribution in [3.05, 3.63) is 0 Å². The third-order valence-electron chi connectivity index (χ3n) is 3.09. The molecule has 0 aromatic carbocycles. The summed E-state index contributed by atoms with van der Waals surface area (Å²) >= 11 is 1.95. The van der Waals surface area contributed by atoms with Gasteiger partial charge in [-0.3, -0.25) is 0 Å². The van der Waals surface area contributed by atoms with Crippen molar-refractivity contribution in [1.82, 2.24) is 15.1 Å². The van der Waals surface area contributed by atoms with Crippen LogP contribution in [-0.4, -0.2) is 66.1 Å². The Bertz CT molecular complexity index is 281.